The quantitative estimate of drug-likeness (QED) is 0.820. The molecule has 0 amide bonds. The van der Waals surface area contributed by atoms with Crippen LogP contribution in [0.1, 0.15) is 52.9 Å². The zero-order valence-electron chi connectivity index (χ0n) is 12.5. The molecule has 0 aliphatic heterocycles. The summed E-state index contributed by atoms with van der Waals surface area (Å²) in [7, 11) is 0. The van der Waals surface area contributed by atoms with E-state index in [1.54, 1.807) is 0 Å². The number of tetrazole rings is 1. The van der Waals surface area contributed by atoms with Gasteiger partial charge in [0.15, 0.2) is 5.82 Å². The van der Waals surface area contributed by atoms with Crippen LogP contribution in [0.5, 0.6) is 0 Å². The molecule has 0 saturated heterocycles. The monoisotopic (exact) mass is 267 g/mol. The summed E-state index contributed by atoms with van der Waals surface area (Å²) in [4.78, 5) is 0. The number of hydrogen-bond acceptors (Lipinski definition) is 5. The molecule has 2 N–H and O–H groups in total. The molecule has 3 unspecified atom stereocenters. The molecule has 2 rings (SSSR count). The fourth-order valence-corrected chi connectivity index (χ4v) is 2.49. The molecule has 108 valence electrons. The minimum absolute atomic E-state index is 0.106. The van der Waals surface area contributed by atoms with Gasteiger partial charge in [-0.1, -0.05) is 32.9 Å². The number of ether oxygens (including phenoxy) is 1. The van der Waals surface area contributed by atoms with Crippen LogP contribution in [0.4, 0.5) is 0 Å². The van der Waals surface area contributed by atoms with E-state index in [-0.39, 0.29) is 11.5 Å². The van der Waals surface area contributed by atoms with Crippen LogP contribution in [-0.4, -0.2) is 39.4 Å². The maximum Gasteiger partial charge on any atom is 0.191 e. The second-order valence-corrected chi connectivity index (χ2v) is 6.48. The van der Waals surface area contributed by atoms with E-state index in [0.717, 1.165) is 13.0 Å². The Morgan fingerprint density at radius 3 is 2.68 bits per heavy atom. The molecule has 1 saturated carbocycles. The fraction of sp³-hybridized carbons (Fsp3) is 0.923. The van der Waals surface area contributed by atoms with Crippen molar-refractivity contribution in [3.8, 4) is 0 Å². The summed E-state index contributed by atoms with van der Waals surface area (Å²) in [5.41, 5.74) is 0.146. The number of H-pyrrole nitrogens is 1. The molecule has 0 aromatic carbocycles. The van der Waals surface area contributed by atoms with Crippen molar-refractivity contribution >= 4 is 0 Å². The topological polar surface area (TPSA) is 75.7 Å². The summed E-state index contributed by atoms with van der Waals surface area (Å²) in [6, 6.07) is 0.534. The number of nitrogens with zero attached hydrogens (tertiary/aromatic N) is 3. The Hall–Kier alpha value is -1.01. The molecule has 1 aromatic heterocycles. The smallest absolute Gasteiger partial charge is 0.191 e. The zero-order valence-corrected chi connectivity index (χ0v) is 12.5. The van der Waals surface area contributed by atoms with Crippen LogP contribution in [0.25, 0.3) is 0 Å². The SMILES string of the molecule is CC(C)COC1CC(NC(C)c2nn[nH]n2)C1(C)C. The first kappa shape index (κ1) is 14.4. The highest BCUT2D eigenvalue weighted by Crippen LogP contribution is 2.43. The lowest BCUT2D eigenvalue weighted by atomic mass is 9.64. The van der Waals surface area contributed by atoms with Crippen molar-refractivity contribution in [3.63, 3.8) is 0 Å². The molecular weight excluding hydrogens is 242 g/mol. The first-order valence-electron chi connectivity index (χ1n) is 7.02. The second-order valence-electron chi connectivity index (χ2n) is 6.48. The third-order valence-corrected chi connectivity index (χ3v) is 4.01. The normalized spacial score (nSPS) is 27.3. The van der Waals surface area contributed by atoms with Gasteiger partial charge in [-0.2, -0.15) is 5.21 Å². The summed E-state index contributed by atoms with van der Waals surface area (Å²) < 4.78 is 5.97. The minimum atomic E-state index is 0.106. The van der Waals surface area contributed by atoms with Crippen LogP contribution < -0.4 is 5.32 Å². The van der Waals surface area contributed by atoms with Gasteiger partial charge in [0.05, 0.1) is 12.1 Å². The van der Waals surface area contributed by atoms with Gasteiger partial charge >= 0.3 is 0 Å². The van der Waals surface area contributed by atoms with Crippen molar-refractivity contribution in [1.82, 2.24) is 25.9 Å². The zero-order chi connectivity index (χ0) is 14.0. The van der Waals surface area contributed by atoms with Gasteiger partial charge in [0, 0.05) is 18.1 Å². The van der Waals surface area contributed by atoms with Crippen molar-refractivity contribution in [3.05, 3.63) is 5.82 Å². The maximum atomic E-state index is 5.97. The molecule has 0 bridgehead atoms. The summed E-state index contributed by atoms with van der Waals surface area (Å²) in [5.74, 6) is 1.29. The molecule has 0 radical (unpaired) electrons. The summed E-state index contributed by atoms with van der Waals surface area (Å²) in [5, 5.41) is 17.7. The van der Waals surface area contributed by atoms with E-state index in [0.29, 0.717) is 23.9 Å². The van der Waals surface area contributed by atoms with E-state index in [2.05, 4.69) is 60.6 Å². The van der Waals surface area contributed by atoms with E-state index < -0.39 is 0 Å². The van der Waals surface area contributed by atoms with Gasteiger partial charge in [0.2, 0.25) is 0 Å². The van der Waals surface area contributed by atoms with Crippen LogP contribution in [0.2, 0.25) is 0 Å². The van der Waals surface area contributed by atoms with E-state index in [1.165, 1.54) is 0 Å². The Labute approximate surface area is 114 Å². The standard InChI is InChI=1S/C13H25N5O/c1-8(2)7-19-11-6-10(13(11,4)5)14-9(3)12-15-17-18-16-12/h8-11,14H,6-7H2,1-5H3,(H,15,16,17,18). The highest BCUT2D eigenvalue weighted by atomic mass is 16.5. The molecule has 6 nitrogen and oxygen atoms in total. The summed E-state index contributed by atoms with van der Waals surface area (Å²) >= 11 is 0. The Bertz CT molecular complexity index is 390. The third-order valence-electron chi connectivity index (χ3n) is 4.01. The lowest BCUT2D eigenvalue weighted by molar-refractivity contribution is -0.125. The minimum Gasteiger partial charge on any atom is -0.377 e. The van der Waals surface area contributed by atoms with Crippen LogP contribution in [0.3, 0.4) is 0 Å². The van der Waals surface area contributed by atoms with Crippen molar-refractivity contribution in [2.45, 2.75) is 59.2 Å². The predicted molar refractivity (Wildman–Crippen MR) is 72.5 cm³/mol. The lowest BCUT2D eigenvalue weighted by Gasteiger charge is -2.52. The van der Waals surface area contributed by atoms with Gasteiger partial charge in [0.25, 0.3) is 0 Å². The molecule has 0 spiro atoms. The largest absolute Gasteiger partial charge is 0.377 e. The van der Waals surface area contributed by atoms with E-state index in [1.807, 2.05) is 0 Å². The van der Waals surface area contributed by atoms with Crippen molar-refractivity contribution in [2.24, 2.45) is 11.3 Å². The number of hydrogen-bond donors (Lipinski definition) is 2. The molecule has 6 heteroatoms. The molecular formula is C13H25N5O. The number of aromatic amines is 1. The maximum absolute atomic E-state index is 5.97. The Morgan fingerprint density at radius 2 is 2.16 bits per heavy atom. The number of nitrogens with one attached hydrogen (secondary N) is 2. The van der Waals surface area contributed by atoms with Crippen molar-refractivity contribution < 1.29 is 4.74 Å². The van der Waals surface area contributed by atoms with Gasteiger partial charge in [-0.15, -0.1) is 10.2 Å². The van der Waals surface area contributed by atoms with E-state index in [9.17, 15) is 0 Å². The second kappa shape index (κ2) is 5.54. The average molecular weight is 267 g/mol. The van der Waals surface area contributed by atoms with Crippen LogP contribution in [-0.2, 0) is 4.74 Å². The van der Waals surface area contributed by atoms with E-state index in [4.69, 9.17) is 4.74 Å². The molecule has 1 aromatic rings. The summed E-state index contributed by atoms with van der Waals surface area (Å²) in [6.07, 6.45) is 1.38. The van der Waals surface area contributed by atoms with Gasteiger partial charge in [-0.05, 0) is 19.3 Å². The van der Waals surface area contributed by atoms with Crippen LogP contribution in [0, 0.1) is 11.3 Å². The van der Waals surface area contributed by atoms with Gasteiger partial charge in [-0.3, -0.25) is 0 Å². The summed E-state index contributed by atoms with van der Waals surface area (Å²) in [6.45, 7) is 11.8. The van der Waals surface area contributed by atoms with Crippen LogP contribution in [0.15, 0.2) is 0 Å². The Balaban J connectivity index is 1.84. The molecule has 1 heterocycles. The van der Waals surface area contributed by atoms with Crippen molar-refractivity contribution in [2.75, 3.05) is 6.61 Å². The van der Waals surface area contributed by atoms with Gasteiger partial charge in [0.1, 0.15) is 0 Å². The van der Waals surface area contributed by atoms with Gasteiger partial charge in [-0.25, -0.2) is 0 Å². The number of rotatable bonds is 6. The molecule has 1 aliphatic carbocycles. The van der Waals surface area contributed by atoms with Crippen LogP contribution >= 0.6 is 0 Å². The van der Waals surface area contributed by atoms with E-state index >= 15 is 0 Å². The Kier molecular flexibility index (Phi) is 4.20. The predicted octanol–water partition coefficient (Wildman–Crippen LogP) is 1.69. The lowest BCUT2D eigenvalue weighted by Crippen LogP contribution is -2.61. The molecule has 1 aliphatic rings. The fourth-order valence-electron chi connectivity index (χ4n) is 2.49. The van der Waals surface area contributed by atoms with Crippen molar-refractivity contribution in [1.29, 1.82) is 0 Å². The number of aromatic nitrogens is 4. The third kappa shape index (κ3) is 3.12. The average Bonchev–Trinajstić information content (AvgIpc) is 2.85. The molecule has 19 heavy (non-hydrogen) atoms. The first-order chi connectivity index (χ1) is 8.91. The first-order valence-corrected chi connectivity index (χ1v) is 7.02. The molecule has 3 atom stereocenters. The van der Waals surface area contributed by atoms with Gasteiger partial charge < -0.3 is 10.1 Å². The highest BCUT2D eigenvalue weighted by Gasteiger charge is 2.49. The molecule has 1 fully saturated rings. The Morgan fingerprint density at radius 1 is 1.42 bits per heavy atom. The highest BCUT2D eigenvalue weighted by molar-refractivity contribution is 5.05.